The Kier molecular flexibility index (Phi) is 9.69. The summed E-state index contributed by atoms with van der Waals surface area (Å²) in [7, 11) is 3.50. The molecule has 1 N–H and O–H groups in total. The molecular formula is C26H31NO4. The number of Topliss-reactive ketones (excluding diaryl/α,β-unsaturated/α-hetero) is 1. The zero-order valence-corrected chi connectivity index (χ0v) is 18.3. The molecule has 0 heterocycles. The molecule has 0 radical (unpaired) electrons. The molecule has 1 atom stereocenters. The molecule has 0 aliphatic heterocycles. The zero-order chi connectivity index (χ0) is 22.6. The van der Waals surface area contributed by atoms with E-state index in [0.717, 1.165) is 24.0 Å². The van der Waals surface area contributed by atoms with Gasteiger partial charge in [0.2, 0.25) is 5.91 Å². The van der Waals surface area contributed by atoms with Gasteiger partial charge in [-0.25, -0.2) is 0 Å². The lowest BCUT2D eigenvalue weighted by Crippen LogP contribution is -2.20. The second-order valence-corrected chi connectivity index (χ2v) is 7.89. The third-order valence-electron chi connectivity index (χ3n) is 5.17. The first-order valence-electron chi connectivity index (χ1n) is 10.6. The van der Waals surface area contributed by atoms with E-state index in [4.69, 9.17) is 0 Å². The number of amides is 1. The molecule has 0 saturated heterocycles. The predicted molar refractivity (Wildman–Crippen MR) is 123 cm³/mol. The van der Waals surface area contributed by atoms with Crippen molar-refractivity contribution in [3.8, 4) is 0 Å². The van der Waals surface area contributed by atoms with Crippen LogP contribution in [0.2, 0.25) is 0 Å². The van der Waals surface area contributed by atoms with Crippen molar-refractivity contribution in [1.82, 2.24) is 4.90 Å². The third kappa shape index (κ3) is 8.59. The van der Waals surface area contributed by atoms with E-state index in [1.165, 1.54) is 0 Å². The van der Waals surface area contributed by atoms with Crippen LogP contribution in [0, 0.1) is 5.92 Å². The number of hydrogen-bond acceptors (Lipinski definition) is 3. The van der Waals surface area contributed by atoms with Crippen LogP contribution in [-0.4, -0.2) is 41.8 Å². The van der Waals surface area contributed by atoms with Crippen LogP contribution < -0.4 is 0 Å². The summed E-state index contributed by atoms with van der Waals surface area (Å²) in [5.74, 6) is -1.39. The summed E-state index contributed by atoms with van der Waals surface area (Å²) >= 11 is 0. The van der Waals surface area contributed by atoms with Gasteiger partial charge in [0.1, 0.15) is 0 Å². The Morgan fingerprint density at radius 2 is 1.74 bits per heavy atom. The van der Waals surface area contributed by atoms with Gasteiger partial charge in [0.05, 0.1) is 5.92 Å². The Bertz CT molecular complexity index is 903. The molecule has 0 fully saturated rings. The van der Waals surface area contributed by atoms with Crippen LogP contribution in [-0.2, 0) is 16.0 Å². The molecule has 0 saturated carbocycles. The second-order valence-electron chi connectivity index (χ2n) is 7.89. The van der Waals surface area contributed by atoms with Crippen molar-refractivity contribution in [3.05, 3.63) is 77.4 Å². The number of carbonyl (C=O) groups excluding carboxylic acids is 2. The Balaban J connectivity index is 1.88. The van der Waals surface area contributed by atoms with E-state index < -0.39 is 11.9 Å². The lowest BCUT2D eigenvalue weighted by molar-refractivity contribution is -0.141. The molecule has 0 bridgehead atoms. The summed E-state index contributed by atoms with van der Waals surface area (Å²) in [6, 6.07) is 16.8. The number of benzene rings is 2. The summed E-state index contributed by atoms with van der Waals surface area (Å²) in [4.78, 5) is 37.4. The molecule has 0 unspecified atom stereocenters. The summed E-state index contributed by atoms with van der Waals surface area (Å²) in [5.41, 5.74) is 2.47. The highest BCUT2D eigenvalue weighted by Gasteiger charge is 2.20. The minimum atomic E-state index is -0.874. The molecule has 0 aliphatic carbocycles. The molecule has 164 valence electrons. The van der Waals surface area contributed by atoms with Gasteiger partial charge in [0, 0.05) is 32.5 Å². The van der Waals surface area contributed by atoms with Crippen molar-refractivity contribution in [3.63, 3.8) is 0 Å². The fourth-order valence-electron chi connectivity index (χ4n) is 3.29. The van der Waals surface area contributed by atoms with Gasteiger partial charge < -0.3 is 10.0 Å². The largest absolute Gasteiger partial charge is 0.481 e. The van der Waals surface area contributed by atoms with Gasteiger partial charge in [-0.2, -0.15) is 0 Å². The Morgan fingerprint density at radius 1 is 1.00 bits per heavy atom. The molecule has 2 rings (SSSR count). The average Bonchev–Trinajstić information content (AvgIpc) is 2.76. The number of rotatable bonds is 12. The molecule has 5 nitrogen and oxygen atoms in total. The number of allylic oxidation sites excluding steroid dienone is 1. The number of carboxylic acid groups (broad SMARTS) is 1. The van der Waals surface area contributed by atoms with Crippen molar-refractivity contribution < 1.29 is 19.5 Å². The van der Waals surface area contributed by atoms with E-state index in [-0.39, 0.29) is 18.1 Å². The SMILES string of the molecule is CN(C)C(=O)CCC/C=C\c1cccc(C(=O)CC[C@@H](Cc2ccccc2)C(=O)O)c1. The van der Waals surface area contributed by atoms with E-state index in [2.05, 4.69) is 0 Å². The van der Waals surface area contributed by atoms with Gasteiger partial charge in [-0.3, -0.25) is 14.4 Å². The second kappa shape index (κ2) is 12.5. The van der Waals surface area contributed by atoms with Crippen LogP contribution in [0.25, 0.3) is 6.08 Å². The maximum absolute atomic E-state index is 12.6. The smallest absolute Gasteiger partial charge is 0.306 e. The number of unbranched alkanes of at least 4 members (excludes halogenated alkanes) is 1. The van der Waals surface area contributed by atoms with E-state index in [1.54, 1.807) is 25.1 Å². The molecule has 1 amide bonds. The zero-order valence-electron chi connectivity index (χ0n) is 18.3. The number of nitrogens with zero attached hydrogens (tertiary/aromatic N) is 1. The average molecular weight is 422 g/mol. The Labute approximate surface area is 184 Å². The highest BCUT2D eigenvalue weighted by molar-refractivity contribution is 5.96. The van der Waals surface area contributed by atoms with Crippen molar-refractivity contribution >= 4 is 23.7 Å². The standard InChI is InChI=1S/C26H31NO4/c1-27(2)25(29)15-8-4-7-12-21-13-9-14-22(18-21)24(28)17-16-23(26(30)31)19-20-10-5-3-6-11-20/h3,5-7,9-14,18,23H,4,8,15-17,19H2,1-2H3,(H,30,31)/b12-7-/t23-/m0/s1. The molecule has 0 aromatic heterocycles. The highest BCUT2D eigenvalue weighted by atomic mass is 16.4. The Morgan fingerprint density at radius 3 is 2.42 bits per heavy atom. The van der Waals surface area contributed by atoms with Gasteiger partial charge in [0.25, 0.3) is 0 Å². The first-order valence-corrected chi connectivity index (χ1v) is 10.6. The van der Waals surface area contributed by atoms with Gasteiger partial charge in [-0.05, 0) is 42.9 Å². The van der Waals surface area contributed by atoms with Crippen LogP contribution in [0.4, 0.5) is 0 Å². The molecule has 5 heteroatoms. The number of aliphatic carboxylic acids is 1. The highest BCUT2D eigenvalue weighted by Crippen LogP contribution is 2.18. The van der Waals surface area contributed by atoms with Crippen LogP contribution in [0.15, 0.2) is 60.7 Å². The number of carboxylic acids is 1. The first kappa shape index (κ1) is 24.1. The van der Waals surface area contributed by atoms with Crippen molar-refractivity contribution in [1.29, 1.82) is 0 Å². The Hall–Kier alpha value is -3.21. The summed E-state index contributed by atoms with van der Waals surface area (Å²) < 4.78 is 0. The fraction of sp³-hybridized carbons (Fsp3) is 0.346. The molecular weight excluding hydrogens is 390 g/mol. The predicted octanol–water partition coefficient (Wildman–Crippen LogP) is 4.86. The van der Waals surface area contributed by atoms with Crippen LogP contribution in [0.3, 0.4) is 0 Å². The molecule has 2 aromatic carbocycles. The van der Waals surface area contributed by atoms with E-state index in [0.29, 0.717) is 24.8 Å². The molecule has 0 spiro atoms. The fourth-order valence-corrected chi connectivity index (χ4v) is 3.29. The summed E-state index contributed by atoms with van der Waals surface area (Å²) in [6.45, 7) is 0. The maximum atomic E-state index is 12.6. The van der Waals surface area contributed by atoms with E-state index >= 15 is 0 Å². The molecule has 0 aliphatic rings. The van der Waals surface area contributed by atoms with Gasteiger partial charge >= 0.3 is 5.97 Å². The van der Waals surface area contributed by atoms with Gasteiger partial charge in [-0.1, -0.05) is 60.7 Å². The number of ketones is 1. The van der Waals surface area contributed by atoms with E-state index in [1.807, 2.05) is 60.7 Å². The lowest BCUT2D eigenvalue weighted by atomic mass is 9.92. The minimum Gasteiger partial charge on any atom is -0.481 e. The van der Waals surface area contributed by atoms with Crippen LogP contribution in [0.1, 0.15) is 53.6 Å². The minimum absolute atomic E-state index is 0.0499. The third-order valence-corrected chi connectivity index (χ3v) is 5.17. The van der Waals surface area contributed by atoms with Crippen LogP contribution >= 0.6 is 0 Å². The summed E-state index contributed by atoms with van der Waals surface area (Å²) in [5, 5.41) is 9.52. The number of carbonyl (C=O) groups is 3. The molecule has 31 heavy (non-hydrogen) atoms. The summed E-state index contributed by atoms with van der Waals surface area (Å²) in [6.07, 6.45) is 6.97. The lowest BCUT2D eigenvalue weighted by Gasteiger charge is -2.12. The topological polar surface area (TPSA) is 74.7 Å². The first-order chi connectivity index (χ1) is 14.9. The normalized spacial score (nSPS) is 11.9. The van der Waals surface area contributed by atoms with Crippen molar-refractivity contribution in [2.45, 2.75) is 38.5 Å². The van der Waals surface area contributed by atoms with Crippen molar-refractivity contribution in [2.75, 3.05) is 14.1 Å². The maximum Gasteiger partial charge on any atom is 0.306 e. The van der Waals surface area contributed by atoms with Gasteiger partial charge in [-0.15, -0.1) is 0 Å². The van der Waals surface area contributed by atoms with Crippen molar-refractivity contribution in [2.24, 2.45) is 5.92 Å². The molecule has 2 aromatic rings. The van der Waals surface area contributed by atoms with E-state index in [9.17, 15) is 19.5 Å². The quantitative estimate of drug-likeness (QED) is 0.392. The number of hydrogen-bond donors (Lipinski definition) is 1. The van der Waals surface area contributed by atoms with Gasteiger partial charge in [0.15, 0.2) is 5.78 Å². The monoisotopic (exact) mass is 421 g/mol. The van der Waals surface area contributed by atoms with Crippen LogP contribution in [0.5, 0.6) is 0 Å².